The van der Waals surface area contributed by atoms with E-state index in [1.807, 2.05) is 32.0 Å². The van der Waals surface area contributed by atoms with Crippen LogP contribution in [0.5, 0.6) is 5.75 Å². The lowest BCUT2D eigenvalue weighted by atomic mass is 9.96. The highest BCUT2D eigenvalue weighted by molar-refractivity contribution is 5.89. The molecule has 10 nitrogen and oxygen atoms in total. The second-order valence-corrected chi connectivity index (χ2v) is 9.91. The molecule has 1 atom stereocenters. The Morgan fingerprint density at radius 2 is 1.72 bits per heavy atom. The molecule has 0 saturated carbocycles. The smallest absolute Gasteiger partial charge is 0.405 e. The van der Waals surface area contributed by atoms with Gasteiger partial charge in [-0.05, 0) is 82.1 Å². The molecular weight excluding hydrogens is 529 g/mol. The van der Waals surface area contributed by atoms with Crippen molar-refractivity contribution in [2.24, 2.45) is 5.92 Å². The lowest BCUT2D eigenvalue weighted by Gasteiger charge is -2.34. The largest absolute Gasteiger partial charge is 0.491 e. The molecule has 0 aliphatic carbocycles. The lowest BCUT2D eigenvalue weighted by Crippen LogP contribution is -2.49. The molecule has 1 saturated heterocycles. The summed E-state index contributed by atoms with van der Waals surface area (Å²) >= 11 is 0. The number of rotatable bonds is 9. The van der Waals surface area contributed by atoms with E-state index in [9.17, 15) is 23.9 Å². The van der Waals surface area contributed by atoms with Crippen molar-refractivity contribution in [1.29, 1.82) is 0 Å². The second-order valence-electron chi connectivity index (χ2n) is 9.91. The Labute approximate surface area is 232 Å². The van der Waals surface area contributed by atoms with Crippen LogP contribution in [0.25, 0.3) is 11.0 Å². The molecule has 0 bridgehead atoms. The highest BCUT2D eigenvalue weighted by atomic mass is 35.5. The molecule has 12 heteroatoms. The number of piperidine rings is 1. The highest BCUT2D eigenvalue weighted by Gasteiger charge is 2.25. The van der Waals surface area contributed by atoms with Gasteiger partial charge in [0, 0.05) is 19.1 Å². The van der Waals surface area contributed by atoms with Gasteiger partial charge in [-0.1, -0.05) is 12.1 Å². The van der Waals surface area contributed by atoms with E-state index in [4.69, 9.17) is 4.74 Å². The molecular formula is C27H35ClFN5O5. The number of nitrogens with zero attached hydrogens (tertiary/aromatic N) is 3. The Bertz CT molecular complexity index is 1320. The molecule has 1 aliphatic heterocycles. The number of ether oxygens (including phenoxy) is 1. The van der Waals surface area contributed by atoms with Gasteiger partial charge >= 0.3 is 17.8 Å². The molecule has 0 spiro atoms. The van der Waals surface area contributed by atoms with Crippen molar-refractivity contribution < 1.29 is 23.8 Å². The number of hydrogen-bond donors (Lipinski definition) is 3. The van der Waals surface area contributed by atoms with Gasteiger partial charge in [0.05, 0.1) is 17.1 Å². The fourth-order valence-electron chi connectivity index (χ4n) is 4.90. The summed E-state index contributed by atoms with van der Waals surface area (Å²) in [6.45, 7) is 6.34. The maximum atomic E-state index is 13.1. The zero-order valence-electron chi connectivity index (χ0n) is 22.0. The highest BCUT2D eigenvalue weighted by Crippen LogP contribution is 2.19. The van der Waals surface area contributed by atoms with Crippen LogP contribution in [0.3, 0.4) is 0 Å². The van der Waals surface area contributed by atoms with E-state index in [0.717, 1.165) is 31.4 Å². The minimum Gasteiger partial charge on any atom is -0.491 e. The van der Waals surface area contributed by atoms with Crippen LogP contribution in [0.2, 0.25) is 0 Å². The first-order valence-electron chi connectivity index (χ1n) is 12.8. The summed E-state index contributed by atoms with van der Waals surface area (Å²) < 4.78 is 21.6. The van der Waals surface area contributed by atoms with Crippen molar-refractivity contribution >= 4 is 35.6 Å². The molecule has 1 unspecified atom stereocenters. The van der Waals surface area contributed by atoms with Crippen LogP contribution in [-0.4, -0.2) is 70.1 Å². The van der Waals surface area contributed by atoms with Gasteiger partial charge < -0.3 is 25.4 Å². The Hall–Kier alpha value is -3.57. The molecule has 212 valence electrons. The number of fused-ring (bicyclic) bond motifs is 1. The minimum absolute atomic E-state index is 0. The number of benzene rings is 2. The SMILES string of the molecule is CC(C)n1c(=O)n(C(=O)NCC2CCN(CC(COc3ccc(F)cc3)NC(=O)O)CC2)c2ccccc21.Cl. The zero-order chi connectivity index (χ0) is 27.2. The third-order valence-corrected chi connectivity index (χ3v) is 6.82. The third kappa shape index (κ3) is 7.51. The van der Waals surface area contributed by atoms with Gasteiger partial charge in [0.15, 0.2) is 0 Å². The van der Waals surface area contributed by atoms with E-state index in [1.54, 1.807) is 10.6 Å². The van der Waals surface area contributed by atoms with Gasteiger partial charge in [0.2, 0.25) is 0 Å². The number of amides is 2. The number of imidazole rings is 1. The van der Waals surface area contributed by atoms with E-state index >= 15 is 0 Å². The van der Waals surface area contributed by atoms with Gasteiger partial charge in [-0.3, -0.25) is 4.57 Å². The normalized spacial score (nSPS) is 15.1. The summed E-state index contributed by atoms with van der Waals surface area (Å²) in [5.74, 6) is 0.338. The topological polar surface area (TPSA) is 118 Å². The van der Waals surface area contributed by atoms with Crippen molar-refractivity contribution in [2.75, 3.05) is 32.8 Å². The van der Waals surface area contributed by atoms with Crippen molar-refractivity contribution in [3.63, 3.8) is 0 Å². The summed E-state index contributed by atoms with van der Waals surface area (Å²) in [7, 11) is 0. The number of hydrogen-bond acceptors (Lipinski definition) is 5. The van der Waals surface area contributed by atoms with Crippen LogP contribution < -0.4 is 21.1 Å². The minimum atomic E-state index is -1.13. The molecule has 1 aromatic heterocycles. The fourth-order valence-corrected chi connectivity index (χ4v) is 4.90. The first kappa shape index (κ1) is 30.0. The summed E-state index contributed by atoms with van der Waals surface area (Å²) in [5, 5.41) is 14.6. The Morgan fingerprint density at radius 1 is 1.08 bits per heavy atom. The third-order valence-electron chi connectivity index (χ3n) is 6.82. The average molecular weight is 564 g/mol. The molecule has 3 aromatic rings. The summed E-state index contributed by atoms with van der Waals surface area (Å²) in [4.78, 5) is 39.4. The first-order chi connectivity index (χ1) is 18.2. The number of halogens is 2. The maximum absolute atomic E-state index is 13.1. The van der Waals surface area contributed by atoms with Crippen molar-refractivity contribution in [1.82, 2.24) is 24.7 Å². The molecule has 39 heavy (non-hydrogen) atoms. The zero-order valence-corrected chi connectivity index (χ0v) is 22.8. The standard InChI is InChI=1S/C27H34FN5O5.ClH/c1-18(2)32-23-5-3-4-6-24(23)33(27(32)37)25(34)29-15-19-11-13-31(14-12-19)16-21(30-26(35)36)17-38-22-9-7-20(28)8-10-22;/h3-10,18-19,21,30H,11-17H2,1-2H3,(H,29,34)(H,35,36);1H. The fraction of sp³-hybridized carbons (Fsp3) is 0.444. The number of likely N-dealkylation sites (tertiary alicyclic amines) is 1. The monoisotopic (exact) mass is 563 g/mol. The number of para-hydroxylation sites is 2. The van der Waals surface area contributed by atoms with Gasteiger partial charge in [-0.2, -0.15) is 0 Å². The number of aromatic nitrogens is 2. The van der Waals surface area contributed by atoms with Crippen molar-refractivity contribution in [2.45, 2.75) is 38.8 Å². The van der Waals surface area contributed by atoms with E-state index in [2.05, 4.69) is 15.5 Å². The van der Waals surface area contributed by atoms with Crippen LogP contribution >= 0.6 is 12.4 Å². The van der Waals surface area contributed by atoms with Crippen LogP contribution in [0, 0.1) is 11.7 Å². The van der Waals surface area contributed by atoms with Crippen LogP contribution in [-0.2, 0) is 0 Å². The molecule has 4 rings (SSSR count). The molecule has 1 fully saturated rings. The van der Waals surface area contributed by atoms with Gasteiger partial charge in [-0.25, -0.2) is 23.3 Å². The van der Waals surface area contributed by atoms with Gasteiger partial charge in [0.1, 0.15) is 18.2 Å². The summed E-state index contributed by atoms with van der Waals surface area (Å²) in [5.41, 5.74) is 0.954. The van der Waals surface area contributed by atoms with Crippen LogP contribution in [0.15, 0.2) is 53.3 Å². The molecule has 3 N–H and O–H groups in total. The lowest BCUT2D eigenvalue weighted by molar-refractivity contribution is 0.138. The predicted molar refractivity (Wildman–Crippen MR) is 149 cm³/mol. The quantitative estimate of drug-likeness (QED) is 0.363. The van der Waals surface area contributed by atoms with Crippen molar-refractivity contribution in [3.8, 4) is 5.75 Å². The summed E-state index contributed by atoms with van der Waals surface area (Å²) in [6, 6.07) is 11.9. The number of carbonyl (C=O) groups excluding carboxylic acids is 1. The number of nitrogens with one attached hydrogen (secondary N) is 2. The predicted octanol–water partition coefficient (Wildman–Crippen LogP) is 3.93. The molecule has 1 aliphatic rings. The molecule has 2 aromatic carbocycles. The Balaban J connectivity index is 0.00000420. The van der Waals surface area contributed by atoms with Crippen LogP contribution in [0.4, 0.5) is 14.0 Å². The molecule has 0 radical (unpaired) electrons. The average Bonchev–Trinajstić information content (AvgIpc) is 3.19. The Kier molecular flexibility index (Phi) is 10.4. The first-order valence-corrected chi connectivity index (χ1v) is 12.8. The van der Waals surface area contributed by atoms with E-state index in [-0.39, 0.29) is 42.5 Å². The van der Waals surface area contributed by atoms with Crippen molar-refractivity contribution in [3.05, 3.63) is 64.8 Å². The number of carboxylic acid groups (broad SMARTS) is 1. The maximum Gasteiger partial charge on any atom is 0.405 e. The van der Waals surface area contributed by atoms with Gasteiger partial charge in [-0.15, -0.1) is 12.4 Å². The molecule has 2 heterocycles. The van der Waals surface area contributed by atoms with Crippen LogP contribution in [0.1, 0.15) is 32.7 Å². The summed E-state index contributed by atoms with van der Waals surface area (Å²) in [6.07, 6.45) is 0.507. The van der Waals surface area contributed by atoms with E-state index in [0.29, 0.717) is 24.4 Å². The second kappa shape index (κ2) is 13.5. The number of carbonyl (C=O) groups is 2. The van der Waals surface area contributed by atoms with E-state index < -0.39 is 18.2 Å². The van der Waals surface area contributed by atoms with Gasteiger partial charge in [0.25, 0.3) is 0 Å². The van der Waals surface area contributed by atoms with E-state index in [1.165, 1.54) is 28.8 Å². The Morgan fingerprint density at radius 3 is 2.33 bits per heavy atom. The molecule has 2 amide bonds.